The Morgan fingerprint density at radius 1 is 1.56 bits per heavy atom. The number of rotatable bonds is 3. The second kappa shape index (κ2) is 7.72. The van der Waals surface area contributed by atoms with Crippen LogP contribution in [0.3, 0.4) is 0 Å². The maximum atomic E-state index is 10.5. The summed E-state index contributed by atoms with van der Waals surface area (Å²) >= 11 is 10.3. The molecule has 0 saturated heterocycles. The molecule has 1 aromatic rings. The van der Waals surface area contributed by atoms with E-state index in [-0.39, 0.29) is 10.8 Å². The van der Waals surface area contributed by atoms with Crippen LogP contribution in [0.15, 0.2) is 6.20 Å². The van der Waals surface area contributed by atoms with Crippen molar-refractivity contribution in [2.24, 2.45) is 0 Å². The fourth-order valence-electron chi connectivity index (χ4n) is 1.58. The molecule has 1 fully saturated rings. The molecular formula is C10H14Cl2N3O2P. The maximum Gasteiger partial charge on any atom is 0.171 e. The Bertz CT molecular complexity index is 430. The summed E-state index contributed by atoms with van der Waals surface area (Å²) in [7, 11) is 0.949. The number of hydrogen-bond donors (Lipinski definition) is 0. The molecule has 5 nitrogen and oxygen atoms in total. The molecule has 1 aromatic heterocycles. The van der Waals surface area contributed by atoms with E-state index >= 15 is 0 Å². The molecule has 1 aliphatic rings. The summed E-state index contributed by atoms with van der Waals surface area (Å²) in [6.45, 7) is 0. The van der Waals surface area contributed by atoms with Gasteiger partial charge in [0.25, 0.3) is 0 Å². The van der Waals surface area contributed by atoms with Gasteiger partial charge >= 0.3 is 0 Å². The highest BCUT2D eigenvalue weighted by Crippen LogP contribution is 2.27. The van der Waals surface area contributed by atoms with Crippen LogP contribution in [-0.4, -0.2) is 29.3 Å². The summed E-state index contributed by atoms with van der Waals surface area (Å²) in [6.07, 6.45) is 5.84. The van der Waals surface area contributed by atoms with Gasteiger partial charge in [-0.15, -0.1) is 0 Å². The van der Waals surface area contributed by atoms with E-state index in [1.54, 1.807) is 6.20 Å². The number of halogens is 2. The topological polar surface area (TPSA) is 63.2 Å². The van der Waals surface area contributed by atoms with E-state index in [0.717, 1.165) is 5.82 Å². The molecule has 100 valence electrons. The summed E-state index contributed by atoms with van der Waals surface area (Å²) in [6, 6.07) is 0.539. The highest BCUT2D eigenvalue weighted by atomic mass is 35.7. The minimum Gasteiger partial charge on any atom is -0.355 e. The van der Waals surface area contributed by atoms with Crippen molar-refractivity contribution in [2.45, 2.75) is 25.3 Å². The molecule has 0 radical (unpaired) electrons. The molecule has 1 saturated carbocycles. The quantitative estimate of drug-likeness (QED) is 0.634. The molecule has 0 spiro atoms. The minimum absolute atomic E-state index is 0.175. The number of hydrogen-bond acceptors (Lipinski definition) is 5. The fraction of sp³-hybridized carbons (Fsp3) is 0.500. The van der Waals surface area contributed by atoms with E-state index in [1.807, 2.05) is 7.05 Å². The first kappa shape index (κ1) is 15.4. The van der Waals surface area contributed by atoms with Gasteiger partial charge in [-0.2, -0.15) is 0 Å². The number of nitrogens with zero attached hydrogens (tertiary/aromatic N) is 3. The first-order valence-corrected chi connectivity index (χ1v) is 7.98. The van der Waals surface area contributed by atoms with E-state index in [0.29, 0.717) is 12.3 Å². The second-order valence-electron chi connectivity index (χ2n) is 3.81. The van der Waals surface area contributed by atoms with Crippen molar-refractivity contribution in [1.82, 2.24) is 9.97 Å². The lowest BCUT2D eigenvalue weighted by molar-refractivity contribution is 0.111. The molecule has 0 amide bonds. The van der Waals surface area contributed by atoms with E-state index in [1.165, 1.54) is 19.3 Å². The third-order valence-electron chi connectivity index (χ3n) is 2.84. The number of aromatic nitrogens is 2. The summed E-state index contributed by atoms with van der Waals surface area (Å²) in [4.78, 5) is 20.7. The highest BCUT2D eigenvalue weighted by molar-refractivity contribution is 7.57. The van der Waals surface area contributed by atoms with Gasteiger partial charge in [-0.1, -0.05) is 22.8 Å². The third kappa shape index (κ3) is 3.94. The molecule has 1 aliphatic carbocycles. The predicted molar refractivity (Wildman–Crippen MR) is 74.7 cm³/mol. The maximum absolute atomic E-state index is 10.5. The molecule has 0 bridgehead atoms. The molecule has 1 unspecified atom stereocenters. The zero-order valence-electron chi connectivity index (χ0n) is 9.84. The van der Waals surface area contributed by atoms with Crippen molar-refractivity contribution in [3.8, 4) is 0 Å². The Morgan fingerprint density at radius 2 is 2.17 bits per heavy atom. The fourth-order valence-corrected chi connectivity index (χ4v) is 1.76. The Hall–Kier alpha value is -0.640. The van der Waals surface area contributed by atoms with E-state index < -0.39 is 7.81 Å². The van der Waals surface area contributed by atoms with Crippen molar-refractivity contribution < 1.29 is 9.36 Å². The first-order chi connectivity index (χ1) is 8.63. The van der Waals surface area contributed by atoms with Crippen LogP contribution in [0.5, 0.6) is 0 Å². The van der Waals surface area contributed by atoms with Gasteiger partial charge in [-0.05, 0) is 19.3 Å². The molecular weight excluding hydrogens is 296 g/mol. The predicted octanol–water partition coefficient (Wildman–Crippen LogP) is 2.83. The van der Waals surface area contributed by atoms with Gasteiger partial charge in [0.1, 0.15) is 19.3 Å². The Morgan fingerprint density at radius 3 is 2.56 bits per heavy atom. The number of anilines is 1. The van der Waals surface area contributed by atoms with Crippen molar-refractivity contribution >= 4 is 42.8 Å². The smallest absolute Gasteiger partial charge is 0.171 e. The van der Waals surface area contributed by atoms with Gasteiger partial charge in [0, 0.05) is 13.1 Å². The number of aldehydes is 1. The first-order valence-electron chi connectivity index (χ1n) is 5.38. The number of carbonyl (C=O) groups is 1. The standard InChI is InChI=1S/C10H12ClN3O.ClH2OP/c1-14(7-3-2-4-7)9-5-12-8(6-15)10(11)13-9;1-3-2/h5-7H,2-4H2,1H3;3H2. The van der Waals surface area contributed by atoms with Gasteiger partial charge in [-0.3, -0.25) is 4.79 Å². The van der Waals surface area contributed by atoms with E-state index in [4.69, 9.17) is 16.2 Å². The van der Waals surface area contributed by atoms with Crippen molar-refractivity contribution in [1.29, 1.82) is 0 Å². The lowest BCUT2D eigenvalue weighted by Gasteiger charge is -2.35. The molecule has 0 aromatic carbocycles. The van der Waals surface area contributed by atoms with Crippen LogP contribution in [0, 0.1) is 0 Å². The Labute approximate surface area is 117 Å². The second-order valence-corrected chi connectivity index (χ2v) is 4.88. The monoisotopic (exact) mass is 309 g/mol. The van der Waals surface area contributed by atoms with Crippen LogP contribution in [0.2, 0.25) is 5.15 Å². The van der Waals surface area contributed by atoms with Crippen LogP contribution in [0.4, 0.5) is 5.82 Å². The normalized spacial score (nSPS) is 14.8. The van der Waals surface area contributed by atoms with Crippen molar-refractivity contribution in [3.63, 3.8) is 0 Å². The zero-order chi connectivity index (χ0) is 13.5. The molecule has 18 heavy (non-hydrogen) atoms. The largest absolute Gasteiger partial charge is 0.355 e. The highest BCUT2D eigenvalue weighted by Gasteiger charge is 2.23. The van der Waals surface area contributed by atoms with Gasteiger partial charge in [0.05, 0.1) is 6.20 Å². The van der Waals surface area contributed by atoms with Gasteiger partial charge in [-0.25, -0.2) is 9.97 Å². The third-order valence-corrected chi connectivity index (χ3v) is 3.12. The molecule has 0 N–H and O–H groups in total. The van der Waals surface area contributed by atoms with Gasteiger partial charge in [0.2, 0.25) is 0 Å². The zero-order valence-corrected chi connectivity index (χ0v) is 12.5. The average Bonchev–Trinajstić information content (AvgIpc) is 2.27. The number of carbonyl (C=O) groups excluding carboxylic acids is 1. The van der Waals surface area contributed by atoms with E-state index in [9.17, 15) is 4.79 Å². The van der Waals surface area contributed by atoms with E-state index in [2.05, 4.69) is 26.1 Å². The van der Waals surface area contributed by atoms with Crippen LogP contribution in [-0.2, 0) is 4.57 Å². The minimum atomic E-state index is -1.03. The Kier molecular flexibility index (Phi) is 6.61. The van der Waals surface area contributed by atoms with Crippen LogP contribution in [0.1, 0.15) is 29.8 Å². The van der Waals surface area contributed by atoms with Crippen molar-refractivity contribution in [2.75, 3.05) is 11.9 Å². The molecule has 1 heterocycles. The molecule has 1 atom stereocenters. The summed E-state index contributed by atoms with van der Waals surface area (Å²) in [5.74, 6) is 0.732. The summed E-state index contributed by atoms with van der Waals surface area (Å²) in [5, 5.41) is 0.175. The van der Waals surface area contributed by atoms with Crippen molar-refractivity contribution in [3.05, 3.63) is 17.0 Å². The average molecular weight is 310 g/mol. The van der Waals surface area contributed by atoms with Crippen LogP contribution < -0.4 is 4.90 Å². The summed E-state index contributed by atoms with van der Waals surface area (Å²) < 4.78 is 8.78. The van der Waals surface area contributed by atoms with Crippen LogP contribution >= 0.6 is 30.7 Å². The Balaban J connectivity index is 0.000000492. The molecule has 0 aliphatic heterocycles. The van der Waals surface area contributed by atoms with Gasteiger partial charge in [0.15, 0.2) is 11.4 Å². The lowest BCUT2D eigenvalue weighted by Crippen LogP contribution is -2.37. The van der Waals surface area contributed by atoms with Crippen LogP contribution in [0.25, 0.3) is 0 Å². The van der Waals surface area contributed by atoms with Gasteiger partial charge < -0.3 is 9.46 Å². The lowest BCUT2D eigenvalue weighted by atomic mass is 9.92. The molecule has 8 heteroatoms. The SMILES string of the molecule is CN(c1cnc(C=O)c(Cl)n1)C1CCC1.O=[PH2]Cl. The summed E-state index contributed by atoms with van der Waals surface area (Å²) in [5.41, 5.74) is 0.197. The molecule has 2 rings (SSSR count).